The lowest BCUT2D eigenvalue weighted by Crippen LogP contribution is -2.61. The van der Waals surface area contributed by atoms with Crippen molar-refractivity contribution in [3.8, 4) is 0 Å². The molecule has 0 fully saturated rings. The summed E-state index contributed by atoms with van der Waals surface area (Å²) in [7, 11) is 0. The smallest absolute Gasteiger partial charge is 0.326 e. The van der Waals surface area contributed by atoms with Crippen LogP contribution in [0.3, 0.4) is 0 Å². The third-order valence-electron chi connectivity index (χ3n) is 14.0. The Morgan fingerprint density at radius 3 is 1.20 bits per heavy atom. The number of hydrogen-bond acceptors (Lipinski definition) is 15. The average Bonchev–Trinajstić information content (AvgIpc) is 3.40. The Hall–Kier alpha value is -7.86. The number of aliphatic carboxylic acids is 1. The lowest BCUT2D eigenvalue weighted by atomic mass is 9.96. The van der Waals surface area contributed by atoms with Crippen molar-refractivity contribution in [2.24, 2.45) is 84.3 Å². The first-order valence-electron chi connectivity index (χ1n) is 30.2. The number of carbonyl (C=O) groups is 9. The van der Waals surface area contributed by atoms with Crippen molar-refractivity contribution in [2.45, 2.75) is 199 Å². The zero-order valence-electron chi connectivity index (χ0n) is 51.8. The number of carboxylic acid groups (broad SMARTS) is 1. The molecule has 0 bridgehead atoms. The van der Waals surface area contributed by atoms with Crippen LogP contribution in [0.25, 0.3) is 0 Å². The summed E-state index contributed by atoms with van der Waals surface area (Å²) < 4.78 is 0. The van der Waals surface area contributed by atoms with Crippen LogP contribution in [0.2, 0.25) is 0 Å². The van der Waals surface area contributed by atoms with Crippen molar-refractivity contribution in [3.05, 3.63) is 35.9 Å². The van der Waals surface area contributed by atoms with Gasteiger partial charge in [0.15, 0.2) is 17.9 Å². The Balaban J connectivity index is 3.68. The van der Waals surface area contributed by atoms with E-state index in [4.69, 9.17) is 51.6 Å². The highest BCUT2D eigenvalue weighted by Crippen LogP contribution is 2.15. The number of nitrogens with zero attached hydrogens (tertiary/aromatic N) is 3. The molecule has 10 atom stereocenters. The molecule has 492 valence electrons. The molecule has 87 heavy (non-hydrogen) atoms. The SMILES string of the molecule is CC[C@H](C)[C@H](NC(=O)[C@H](CCCCN)NC(=O)[C@H](Cc1ccccc1)NC(=O)[C@H](CC(C)C)NC(=O)[C@H](CC(C)C)NC(=O)[C@@H](N)CCCN=C(N)N)C(=O)N[C@@H](CCCN=C(N)N)C(=O)N[C@@H](CCCCN)C(=O)N[C@@H](CCCN=C(N)N)C(=O)O. The molecule has 30 heteroatoms. The molecule has 0 aliphatic rings. The molecule has 0 unspecified atom stereocenters. The topological polar surface area (TPSA) is 541 Å². The Labute approximate surface area is 511 Å². The van der Waals surface area contributed by atoms with Crippen LogP contribution in [0.5, 0.6) is 0 Å². The number of unbranched alkanes of at least 4 members (excludes halogenated alkanes) is 2. The molecule has 30 nitrogen and oxygen atoms in total. The lowest BCUT2D eigenvalue weighted by molar-refractivity contribution is -0.142. The third-order valence-corrected chi connectivity index (χ3v) is 14.0. The summed E-state index contributed by atoms with van der Waals surface area (Å²) in [6.45, 7) is 11.9. The molecule has 0 saturated heterocycles. The van der Waals surface area contributed by atoms with Gasteiger partial charge in [-0.1, -0.05) is 78.3 Å². The Morgan fingerprint density at radius 2 is 0.782 bits per heavy atom. The van der Waals surface area contributed by atoms with Crippen LogP contribution in [-0.4, -0.2) is 163 Å². The number of carbonyl (C=O) groups excluding carboxylic acids is 8. The maximum absolute atomic E-state index is 14.7. The Bertz CT molecular complexity index is 2380. The summed E-state index contributed by atoms with van der Waals surface area (Å²) in [5.41, 5.74) is 51.2. The number of guanidine groups is 3. The van der Waals surface area contributed by atoms with Gasteiger partial charge in [-0.15, -0.1) is 0 Å². The zero-order valence-corrected chi connectivity index (χ0v) is 51.8. The van der Waals surface area contributed by atoms with E-state index in [1.165, 1.54) is 0 Å². The van der Waals surface area contributed by atoms with Crippen molar-refractivity contribution in [2.75, 3.05) is 32.7 Å². The van der Waals surface area contributed by atoms with E-state index >= 15 is 0 Å². The number of carboxylic acids is 1. The van der Waals surface area contributed by atoms with Crippen molar-refractivity contribution in [3.63, 3.8) is 0 Å². The maximum atomic E-state index is 14.7. The number of benzene rings is 1. The molecule has 0 aliphatic carbocycles. The van der Waals surface area contributed by atoms with E-state index in [1.807, 2.05) is 27.7 Å². The summed E-state index contributed by atoms with van der Waals surface area (Å²) >= 11 is 0. The lowest BCUT2D eigenvalue weighted by Gasteiger charge is -2.30. The van der Waals surface area contributed by atoms with E-state index in [1.54, 1.807) is 44.2 Å². The minimum Gasteiger partial charge on any atom is -0.480 e. The van der Waals surface area contributed by atoms with Gasteiger partial charge in [0.2, 0.25) is 47.3 Å². The molecular formula is C57H104N20O10. The second kappa shape index (κ2) is 42.9. The average molecular weight is 1230 g/mol. The van der Waals surface area contributed by atoms with E-state index in [2.05, 4.69) is 57.5 Å². The van der Waals surface area contributed by atoms with Crippen LogP contribution >= 0.6 is 0 Å². The highest BCUT2D eigenvalue weighted by atomic mass is 16.4. The molecule has 0 aromatic heterocycles. The largest absolute Gasteiger partial charge is 0.480 e. The summed E-state index contributed by atoms with van der Waals surface area (Å²) in [5, 5.41) is 31.9. The number of aliphatic imine (C=N–C) groups is 3. The van der Waals surface area contributed by atoms with Gasteiger partial charge in [-0.25, -0.2) is 4.79 Å². The molecule has 0 spiro atoms. The van der Waals surface area contributed by atoms with Gasteiger partial charge in [-0.2, -0.15) is 0 Å². The minimum absolute atomic E-state index is 0.0391. The number of rotatable bonds is 45. The molecule has 27 N–H and O–H groups in total. The molecule has 8 amide bonds. The van der Waals surface area contributed by atoms with Crippen LogP contribution in [0.15, 0.2) is 45.3 Å². The van der Waals surface area contributed by atoms with Gasteiger partial charge >= 0.3 is 5.97 Å². The first kappa shape index (κ1) is 77.2. The van der Waals surface area contributed by atoms with Gasteiger partial charge in [0.25, 0.3) is 0 Å². The number of hydrogen-bond donors (Lipinski definition) is 18. The fraction of sp³-hybridized carbons (Fsp3) is 0.684. The van der Waals surface area contributed by atoms with Crippen molar-refractivity contribution >= 4 is 71.1 Å². The van der Waals surface area contributed by atoms with E-state index in [0.717, 1.165) is 0 Å². The minimum atomic E-state index is -1.36. The summed E-state index contributed by atoms with van der Waals surface area (Å²) in [4.78, 5) is 138. The van der Waals surface area contributed by atoms with Crippen molar-refractivity contribution in [1.29, 1.82) is 0 Å². The van der Waals surface area contributed by atoms with Crippen LogP contribution in [0, 0.1) is 17.8 Å². The number of nitrogens with one attached hydrogen (secondary N) is 8. The van der Waals surface area contributed by atoms with Crippen molar-refractivity contribution < 1.29 is 48.3 Å². The van der Waals surface area contributed by atoms with E-state index in [-0.39, 0.29) is 127 Å². The molecule has 0 radical (unpaired) electrons. The van der Waals surface area contributed by atoms with Gasteiger partial charge in [-0.05, 0) is 126 Å². The van der Waals surface area contributed by atoms with Gasteiger partial charge in [0.05, 0.1) is 6.04 Å². The summed E-state index contributed by atoms with van der Waals surface area (Å²) in [6, 6.07) is -2.36. The fourth-order valence-electron chi connectivity index (χ4n) is 9.03. The second-order valence-corrected chi connectivity index (χ2v) is 22.6. The third kappa shape index (κ3) is 33.0. The van der Waals surface area contributed by atoms with Crippen LogP contribution in [0.1, 0.15) is 143 Å². The Kier molecular flexibility index (Phi) is 38.0. The molecule has 0 heterocycles. The molecule has 0 saturated carbocycles. The molecule has 1 aromatic carbocycles. The normalized spacial score (nSPS) is 14.6. The van der Waals surface area contributed by atoms with Gasteiger partial charge in [0, 0.05) is 26.1 Å². The van der Waals surface area contributed by atoms with Crippen LogP contribution < -0.4 is 94.1 Å². The predicted molar refractivity (Wildman–Crippen MR) is 335 cm³/mol. The summed E-state index contributed by atoms with van der Waals surface area (Å²) in [6.07, 6.45) is 3.28. The first-order valence-corrected chi connectivity index (χ1v) is 30.2. The fourth-order valence-corrected chi connectivity index (χ4v) is 9.03. The van der Waals surface area contributed by atoms with Gasteiger partial charge < -0.3 is 99.2 Å². The predicted octanol–water partition coefficient (Wildman–Crippen LogP) is -2.92. The standard InChI is InChI=1S/C57H104N20O10/c1-7-35(6)45(53(85)72-40(23-16-28-68-56(63)64)47(79)70-38(21-11-13-25-58)48(80)73-41(54(86)87)24-17-29-69-57(65)66)77-49(81)39(22-12-14-26-59)71-52(84)44(32-36-18-9-8-10-19-36)76-51(83)43(31-34(4)5)75-50(82)42(30-33(2)3)74-46(78)37(60)20-15-27-67-55(61)62/h8-10,18-19,33-35,37-45H,7,11-17,20-32,58-60H2,1-6H3,(H,70,79)(H,71,84)(H,72,85)(H,73,80)(H,74,78)(H,75,82)(H,76,83)(H,77,81)(H,86,87)(H4,61,62,67)(H4,63,64,68)(H4,65,66,69)/t35-,37-,38-,39-,40-,41-,42-,43-,44-,45-/m0/s1. The molecule has 0 aliphatic heterocycles. The quantitative estimate of drug-likeness (QED) is 0.0177. The summed E-state index contributed by atoms with van der Waals surface area (Å²) in [5.74, 6) is -8.47. The van der Waals surface area contributed by atoms with Crippen molar-refractivity contribution in [1.82, 2.24) is 42.5 Å². The number of nitrogens with two attached hydrogens (primary N) is 9. The van der Waals surface area contributed by atoms with Gasteiger partial charge in [0.1, 0.15) is 48.3 Å². The van der Waals surface area contributed by atoms with Gasteiger partial charge in [-0.3, -0.25) is 53.3 Å². The maximum Gasteiger partial charge on any atom is 0.326 e. The van der Waals surface area contributed by atoms with E-state index in [0.29, 0.717) is 44.1 Å². The zero-order chi connectivity index (χ0) is 65.6. The number of amides is 8. The van der Waals surface area contributed by atoms with E-state index < -0.39 is 114 Å². The molecule has 1 rings (SSSR count). The van der Waals surface area contributed by atoms with E-state index in [9.17, 15) is 48.3 Å². The van der Waals surface area contributed by atoms with Crippen LogP contribution in [-0.2, 0) is 49.6 Å². The Morgan fingerprint density at radius 1 is 0.437 bits per heavy atom. The molecular weight excluding hydrogens is 1120 g/mol. The first-order chi connectivity index (χ1) is 41.1. The second-order valence-electron chi connectivity index (χ2n) is 22.6. The van der Waals surface area contributed by atoms with Crippen LogP contribution in [0.4, 0.5) is 0 Å². The highest BCUT2D eigenvalue weighted by molar-refractivity contribution is 5.98. The molecule has 1 aromatic rings. The monoisotopic (exact) mass is 1230 g/mol. The highest BCUT2D eigenvalue weighted by Gasteiger charge is 2.36.